The molecule has 0 spiro atoms. The molecule has 0 saturated heterocycles. The van der Waals surface area contributed by atoms with Gasteiger partial charge in [-0.15, -0.1) is 0 Å². The normalized spacial score (nSPS) is 10.0. The maximum Gasteiger partial charge on any atom is 0.256 e. The Kier molecular flexibility index (Phi) is 4.36. The molecule has 0 aliphatic heterocycles. The number of halogens is 1. The smallest absolute Gasteiger partial charge is 0.256 e. The van der Waals surface area contributed by atoms with E-state index in [1.54, 1.807) is 36.4 Å². The summed E-state index contributed by atoms with van der Waals surface area (Å²) in [6.45, 7) is 2.45. The van der Waals surface area contributed by atoms with Crippen LogP contribution in [0, 0.1) is 0 Å². The molecular formula is C14H13ClN2O2. The van der Waals surface area contributed by atoms with Crippen molar-refractivity contribution in [3.63, 3.8) is 0 Å². The maximum absolute atomic E-state index is 12.0. The van der Waals surface area contributed by atoms with Crippen molar-refractivity contribution in [3.8, 4) is 5.75 Å². The topological polar surface area (TPSA) is 51.2 Å². The number of ether oxygens (including phenoxy) is 1. The van der Waals surface area contributed by atoms with Crippen molar-refractivity contribution in [1.29, 1.82) is 0 Å². The van der Waals surface area contributed by atoms with Crippen LogP contribution in [0.4, 0.5) is 5.82 Å². The molecule has 0 saturated carbocycles. The molecule has 4 nitrogen and oxygen atoms in total. The summed E-state index contributed by atoms with van der Waals surface area (Å²) in [5.41, 5.74) is 0.516. The molecule has 1 amide bonds. The van der Waals surface area contributed by atoms with Crippen LogP contribution in [0.2, 0.25) is 5.02 Å². The van der Waals surface area contributed by atoms with Gasteiger partial charge in [0.1, 0.15) is 11.6 Å². The lowest BCUT2D eigenvalue weighted by Crippen LogP contribution is -2.12. The minimum Gasteiger partial charge on any atom is -0.494 e. The van der Waals surface area contributed by atoms with E-state index in [9.17, 15) is 4.79 Å². The number of benzene rings is 1. The van der Waals surface area contributed by atoms with Crippen molar-refractivity contribution in [2.75, 3.05) is 11.9 Å². The minimum absolute atomic E-state index is 0.239. The van der Waals surface area contributed by atoms with Gasteiger partial charge in [-0.05, 0) is 37.3 Å². The summed E-state index contributed by atoms with van der Waals surface area (Å²) in [6.07, 6.45) is 1.48. The third-order valence-corrected chi connectivity index (χ3v) is 2.60. The van der Waals surface area contributed by atoms with E-state index in [4.69, 9.17) is 16.3 Å². The summed E-state index contributed by atoms with van der Waals surface area (Å²) in [7, 11) is 0. The van der Waals surface area contributed by atoms with Crippen LogP contribution in [0.1, 0.15) is 17.3 Å². The summed E-state index contributed by atoms with van der Waals surface area (Å²) in [5, 5.41) is 3.21. The summed E-state index contributed by atoms with van der Waals surface area (Å²) in [6, 6.07) is 10.3. The number of carbonyl (C=O) groups excluding carboxylic acids is 1. The molecule has 1 aromatic carbocycles. The summed E-state index contributed by atoms with van der Waals surface area (Å²) in [5.74, 6) is 0.881. The molecule has 98 valence electrons. The van der Waals surface area contributed by atoms with Gasteiger partial charge in [-0.2, -0.15) is 0 Å². The molecule has 0 unspecified atom stereocenters. The second-order valence-corrected chi connectivity index (χ2v) is 4.21. The van der Waals surface area contributed by atoms with Crippen LogP contribution in [0.5, 0.6) is 5.75 Å². The Morgan fingerprint density at radius 3 is 2.89 bits per heavy atom. The second-order valence-electron chi connectivity index (χ2n) is 3.78. The molecule has 0 bridgehead atoms. The Hall–Kier alpha value is -2.07. The highest BCUT2D eigenvalue weighted by Crippen LogP contribution is 2.15. The van der Waals surface area contributed by atoms with Crippen LogP contribution in [-0.2, 0) is 0 Å². The first-order chi connectivity index (χ1) is 9.19. The van der Waals surface area contributed by atoms with Gasteiger partial charge in [0, 0.05) is 11.8 Å². The van der Waals surface area contributed by atoms with Crippen molar-refractivity contribution in [2.45, 2.75) is 6.92 Å². The third-order valence-electron chi connectivity index (χ3n) is 2.38. The zero-order valence-corrected chi connectivity index (χ0v) is 11.1. The standard InChI is InChI=1S/C14H13ClN2O2/c1-2-19-12-5-3-4-10(8-12)14(18)17-13-7-6-11(15)9-16-13/h3-9H,2H2,1H3,(H,16,17,18). The molecule has 5 heteroatoms. The highest BCUT2D eigenvalue weighted by atomic mass is 35.5. The first kappa shape index (κ1) is 13.4. The van der Waals surface area contributed by atoms with Gasteiger partial charge in [-0.1, -0.05) is 17.7 Å². The molecule has 0 fully saturated rings. The molecule has 2 aromatic rings. The lowest BCUT2D eigenvalue weighted by molar-refractivity contribution is 0.102. The summed E-state index contributed by atoms with van der Waals surface area (Å²) >= 11 is 5.73. The predicted molar refractivity (Wildman–Crippen MR) is 74.8 cm³/mol. The number of carbonyl (C=O) groups is 1. The number of anilines is 1. The van der Waals surface area contributed by atoms with Gasteiger partial charge in [0.25, 0.3) is 5.91 Å². The highest BCUT2D eigenvalue weighted by Gasteiger charge is 2.07. The summed E-state index contributed by atoms with van der Waals surface area (Å²) in [4.78, 5) is 16.0. The molecular weight excluding hydrogens is 264 g/mol. The van der Waals surface area contributed by atoms with Crippen molar-refractivity contribution in [2.24, 2.45) is 0 Å². The Morgan fingerprint density at radius 1 is 1.37 bits per heavy atom. The van der Waals surface area contributed by atoms with Crippen LogP contribution in [-0.4, -0.2) is 17.5 Å². The van der Waals surface area contributed by atoms with Crippen LogP contribution in [0.3, 0.4) is 0 Å². The van der Waals surface area contributed by atoms with Crippen molar-refractivity contribution < 1.29 is 9.53 Å². The van der Waals surface area contributed by atoms with Crippen LogP contribution >= 0.6 is 11.6 Å². The molecule has 0 radical (unpaired) electrons. The molecule has 0 aliphatic rings. The zero-order chi connectivity index (χ0) is 13.7. The van der Waals surface area contributed by atoms with E-state index >= 15 is 0 Å². The van der Waals surface area contributed by atoms with E-state index < -0.39 is 0 Å². The Morgan fingerprint density at radius 2 is 2.21 bits per heavy atom. The first-order valence-corrected chi connectivity index (χ1v) is 6.22. The fourth-order valence-corrected chi connectivity index (χ4v) is 1.64. The van der Waals surface area contributed by atoms with E-state index in [1.165, 1.54) is 6.20 Å². The van der Waals surface area contributed by atoms with Gasteiger partial charge in [0.2, 0.25) is 0 Å². The van der Waals surface area contributed by atoms with Crippen LogP contribution in [0.15, 0.2) is 42.6 Å². The number of aromatic nitrogens is 1. The molecule has 2 rings (SSSR count). The van der Waals surface area contributed by atoms with Crippen molar-refractivity contribution >= 4 is 23.3 Å². The van der Waals surface area contributed by atoms with Crippen LogP contribution in [0.25, 0.3) is 0 Å². The maximum atomic E-state index is 12.0. The molecule has 19 heavy (non-hydrogen) atoms. The van der Waals surface area contributed by atoms with E-state index in [0.717, 1.165) is 0 Å². The molecule has 1 aromatic heterocycles. The van der Waals surface area contributed by atoms with Crippen LogP contribution < -0.4 is 10.1 Å². The quantitative estimate of drug-likeness (QED) is 0.931. The number of hydrogen-bond acceptors (Lipinski definition) is 3. The van der Waals surface area contributed by atoms with E-state index in [-0.39, 0.29) is 5.91 Å². The lowest BCUT2D eigenvalue weighted by atomic mass is 10.2. The number of rotatable bonds is 4. The molecule has 1 N–H and O–H groups in total. The van der Waals surface area contributed by atoms with E-state index in [1.807, 2.05) is 6.92 Å². The van der Waals surface area contributed by atoms with Gasteiger partial charge >= 0.3 is 0 Å². The number of amides is 1. The Balaban J connectivity index is 2.11. The second kappa shape index (κ2) is 6.20. The minimum atomic E-state index is -0.239. The van der Waals surface area contributed by atoms with Gasteiger partial charge in [-0.25, -0.2) is 4.98 Å². The van der Waals surface area contributed by atoms with Crippen molar-refractivity contribution in [1.82, 2.24) is 4.98 Å². The van der Waals surface area contributed by atoms with Gasteiger partial charge in [0.05, 0.1) is 11.6 Å². The Bertz CT molecular complexity index is 570. The zero-order valence-electron chi connectivity index (χ0n) is 10.4. The fourth-order valence-electron chi connectivity index (χ4n) is 1.53. The average molecular weight is 277 g/mol. The third kappa shape index (κ3) is 3.69. The number of pyridine rings is 1. The number of nitrogens with zero attached hydrogens (tertiary/aromatic N) is 1. The monoisotopic (exact) mass is 276 g/mol. The van der Waals surface area contributed by atoms with E-state index in [2.05, 4.69) is 10.3 Å². The van der Waals surface area contributed by atoms with Crippen molar-refractivity contribution in [3.05, 3.63) is 53.2 Å². The van der Waals surface area contributed by atoms with Gasteiger partial charge in [0.15, 0.2) is 0 Å². The van der Waals surface area contributed by atoms with E-state index in [0.29, 0.717) is 28.8 Å². The van der Waals surface area contributed by atoms with Gasteiger partial charge in [-0.3, -0.25) is 4.79 Å². The highest BCUT2D eigenvalue weighted by molar-refractivity contribution is 6.30. The molecule has 0 aliphatic carbocycles. The SMILES string of the molecule is CCOc1cccc(C(=O)Nc2ccc(Cl)cn2)c1. The van der Waals surface area contributed by atoms with Gasteiger partial charge < -0.3 is 10.1 Å². The fraction of sp³-hybridized carbons (Fsp3) is 0.143. The number of nitrogens with one attached hydrogen (secondary N) is 1. The average Bonchev–Trinajstić information content (AvgIpc) is 2.42. The summed E-state index contributed by atoms with van der Waals surface area (Å²) < 4.78 is 5.35. The predicted octanol–water partition coefficient (Wildman–Crippen LogP) is 3.39. The first-order valence-electron chi connectivity index (χ1n) is 5.85. The largest absolute Gasteiger partial charge is 0.494 e. The lowest BCUT2D eigenvalue weighted by Gasteiger charge is -2.07. The Labute approximate surface area is 116 Å². The molecule has 0 atom stereocenters. The molecule has 1 heterocycles. The number of hydrogen-bond donors (Lipinski definition) is 1.